The van der Waals surface area contributed by atoms with Gasteiger partial charge in [-0.1, -0.05) is 17.3 Å². The second kappa shape index (κ2) is 8.80. The van der Waals surface area contributed by atoms with E-state index in [1.165, 1.54) is 0 Å². The lowest BCUT2D eigenvalue weighted by Crippen LogP contribution is -2.02. The molecule has 26 heavy (non-hydrogen) atoms. The van der Waals surface area contributed by atoms with Crippen molar-refractivity contribution in [3.8, 4) is 11.5 Å². The lowest BCUT2D eigenvalue weighted by molar-refractivity contribution is 0.141. The molecule has 0 aliphatic carbocycles. The lowest BCUT2D eigenvalue weighted by Gasteiger charge is -2.04. The third-order valence-electron chi connectivity index (χ3n) is 3.73. The number of pyridine rings is 2. The molecule has 6 nitrogen and oxygen atoms in total. The van der Waals surface area contributed by atoms with Crippen LogP contribution < -0.4 is 0 Å². The van der Waals surface area contributed by atoms with Crippen LogP contribution in [0.2, 0.25) is 0 Å². The fourth-order valence-electron chi connectivity index (χ4n) is 2.43. The van der Waals surface area contributed by atoms with E-state index in [4.69, 9.17) is 4.84 Å². The summed E-state index contributed by atoms with van der Waals surface area (Å²) in [5, 5.41) is 4.15. The molecule has 3 aromatic heterocycles. The number of aryl methyl sites for hydroxylation is 2. The van der Waals surface area contributed by atoms with E-state index >= 15 is 0 Å². The maximum atomic E-state index is 5.42. The Bertz CT molecular complexity index is 880. The summed E-state index contributed by atoms with van der Waals surface area (Å²) in [5.74, 6) is 0.636. The third-order valence-corrected chi connectivity index (χ3v) is 3.73. The maximum Gasteiger partial charge on any atom is 0.178 e. The summed E-state index contributed by atoms with van der Waals surface area (Å²) in [7, 11) is 0. The van der Waals surface area contributed by atoms with E-state index in [2.05, 4.69) is 25.1 Å². The van der Waals surface area contributed by atoms with E-state index in [1.54, 1.807) is 18.5 Å². The van der Waals surface area contributed by atoms with Gasteiger partial charge in [0.2, 0.25) is 0 Å². The molecule has 0 radical (unpaired) electrons. The number of rotatable bonds is 7. The van der Waals surface area contributed by atoms with Crippen molar-refractivity contribution < 1.29 is 4.84 Å². The molecule has 0 saturated carbocycles. The van der Waals surface area contributed by atoms with E-state index in [0.29, 0.717) is 12.4 Å². The molecule has 0 N–H and O–H groups in total. The van der Waals surface area contributed by atoms with Crippen LogP contribution in [-0.4, -0.2) is 32.3 Å². The minimum absolute atomic E-state index is 0.525. The van der Waals surface area contributed by atoms with Crippen molar-refractivity contribution in [2.24, 2.45) is 5.16 Å². The largest absolute Gasteiger partial charge is 0.396 e. The van der Waals surface area contributed by atoms with Crippen molar-refractivity contribution in [3.63, 3.8) is 0 Å². The van der Waals surface area contributed by atoms with Gasteiger partial charge in [-0.15, -0.1) is 0 Å². The standard InChI is InChI=1S/C20H21N5O/c1-15-7-3-10-18(23-15)16(2)25-26-14-5-9-17-8-4-11-19(24-17)20-21-12-6-13-22-20/h3-4,6-8,10-13H,5,9,14H2,1-2H3. The van der Waals surface area contributed by atoms with Gasteiger partial charge in [-0.3, -0.25) is 4.98 Å². The average Bonchev–Trinajstić information content (AvgIpc) is 2.68. The predicted molar refractivity (Wildman–Crippen MR) is 101 cm³/mol. The number of nitrogens with zero attached hydrogens (tertiary/aromatic N) is 5. The third kappa shape index (κ3) is 4.92. The molecule has 0 unspecified atom stereocenters. The number of oxime groups is 1. The molecule has 0 aliphatic heterocycles. The van der Waals surface area contributed by atoms with Crippen molar-refractivity contribution in [2.75, 3.05) is 6.61 Å². The zero-order valence-corrected chi connectivity index (χ0v) is 15.0. The summed E-state index contributed by atoms with van der Waals surface area (Å²) < 4.78 is 0. The van der Waals surface area contributed by atoms with Crippen LogP contribution in [0.3, 0.4) is 0 Å². The van der Waals surface area contributed by atoms with Crippen molar-refractivity contribution in [3.05, 3.63) is 71.9 Å². The number of hydrogen-bond acceptors (Lipinski definition) is 6. The Morgan fingerprint density at radius 1 is 1.00 bits per heavy atom. The number of aromatic nitrogens is 4. The van der Waals surface area contributed by atoms with Gasteiger partial charge in [0, 0.05) is 23.8 Å². The fourth-order valence-corrected chi connectivity index (χ4v) is 2.43. The summed E-state index contributed by atoms with van der Waals surface area (Å²) in [6.45, 7) is 4.38. The van der Waals surface area contributed by atoms with Crippen LogP contribution in [0, 0.1) is 6.92 Å². The predicted octanol–water partition coefficient (Wildman–Crippen LogP) is 3.62. The van der Waals surface area contributed by atoms with Gasteiger partial charge >= 0.3 is 0 Å². The Hall–Kier alpha value is -3.15. The van der Waals surface area contributed by atoms with E-state index in [0.717, 1.165) is 41.3 Å². The topological polar surface area (TPSA) is 73.2 Å². The van der Waals surface area contributed by atoms with Gasteiger partial charge in [0.1, 0.15) is 18.0 Å². The lowest BCUT2D eigenvalue weighted by atomic mass is 10.2. The van der Waals surface area contributed by atoms with Gasteiger partial charge in [-0.05, 0) is 57.0 Å². The van der Waals surface area contributed by atoms with E-state index in [-0.39, 0.29) is 0 Å². The van der Waals surface area contributed by atoms with Gasteiger partial charge in [-0.25, -0.2) is 15.0 Å². The molecule has 3 aromatic rings. The minimum atomic E-state index is 0.525. The van der Waals surface area contributed by atoms with Gasteiger partial charge in [0.25, 0.3) is 0 Å². The highest BCUT2D eigenvalue weighted by Gasteiger charge is 2.04. The van der Waals surface area contributed by atoms with Crippen molar-refractivity contribution in [2.45, 2.75) is 26.7 Å². The molecule has 0 atom stereocenters. The molecule has 0 spiro atoms. The van der Waals surface area contributed by atoms with Gasteiger partial charge in [-0.2, -0.15) is 0 Å². The Kier molecular flexibility index (Phi) is 5.98. The molecule has 0 aromatic carbocycles. The fraction of sp³-hybridized carbons (Fsp3) is 0.250. The maximum absolute atomic E-state index is 5.42. The summed E-state index contributed by atoms with van der Waals surface area (Å²) in [6.07, 6.45) is 5.06. The van der Waals surface area contributed by atoms with Crippen LogP contribution in [0.5, 0.6) is 0 Å². The van der Waals surface area contributed by atoms with Crippen LogP contribution in [0.15, 0.2) is 60.0 Å². The van der Waals surface area contributed by atoms with Crippen molar-refractivity contribution in [1.82, 2.24) is 19.9 Å². The van der Waals surface area contributed by atoms with E-state index < -0.39 is 0 Å². The van der Waals surface area contributed by atoms with Crippen LogP contribution in [0.4, 0.5) is 0 Å². The van der Waals surface area contributed by atoms with Gasteiger partial charge < -0.3 is 4.84 Å². The molecule has 0 aliphatic rings. The molecule has 3 heterocycles. The molecule has 132 valence electrons. The SMILES string of the molecule is CC(=NOCCCc1cccc(-c2ncccn2)n1)c1cccc(C)n1. The summed E-state index contributed by atoms with van der Waals surface area (Å²) in [6, 6.07) is 13.5. The molecule has 0 bridgehead atoms. The van der Waals surface area contributed by atoms with Crippen molar-refractivity contribution in [1.29, 1.82) is 0 Å². The normalized spacial score (nSPS) is 11.4. The summed E-state index contributed by atoms with van der Waals surface area (Å²) in [5.41, 5.74) is 4.34. The van der Waals surface area contributed by atoms with Crippen LogP contribution in [0.1, 0.15) is 30.4 Å². The molecule has 0 amide bonds. The average molecular weight is 347 g/mol. The van der Waals surface area contributed by atoms with Crippen LogP contribution in [0.25, 0.3) is 11.5 Å². The first-order chi connectivity index (χ1) is 12.7. The number of hydrogen-bond donors (Lipinski definition) is 0. The van der Waals surface area contributed by atoms with Crippen LogP contribution >= 0.6 is 0 Å². The molecule has 3 rings (SSSR count). The van der Waals surface area contributed by atoms with Gasteiger partial charge in [0.15, 0.2) is 5.82 Å². The highest BCUT2D eigenvalue weighted by atomic mass is 16.6. The second-order valence-corrected chi connectivity index (χ2v) is 5.86. The molecular formula is C20H21N5O. The summed E-state index contributed by atoms with van der Waals surface area (Å²) >= 11 is 0. The smallest absolute Gasteiger partial charge is 0.178 e. The van der Waals surface area contributed by atoms with Gasteiger partial charge in [0.05, 0.1) is 5.69 Å². The molecular weight excluding hydrogens is 326 g/mol. The Labute approximate surface area is 153 Å². The Balaban J connectivity index is 1.50. The highest BCUT2D eigenvalue weighted by Crippen LogP contribution is 2.12. The van der Waals surface area contributed by atoms with E-state index in [1.807, 2.05) is 50.2 Å². The molecule has 0 saturated heterocycles. The molecule has 0 fully saturated rings. The highest BCUT2D eigenvalue weighted by molar-refractivity contribution is 5.96. The zero-order valence-electron chi connectivity index (χ0n) is 15.0. The quantitative estimate of drug-likeness (QED) is 0.371. The Morgan fingerprint density at radius 3 is 2.62 bits per heavy atom. The van der Waals surface area contributed by atoms with Crippen molar-refractivity contribution >= 4 is 5.71 Å². The zero-order chi connectivity index (χ0) is 18.2. The summed E-state index contributed by atoms with van der Waals surface area (Å²) in [4.78, 5) is 22.9. The first-order valence-electron chi connectivity index (χ1n) is 8.56. The molecule has 6 heteroatoms. The Morgan fingerprint density at radius 2 is 1.81 bits per heavy atom. The second-order valence-electron chi connectivity index (χ2n) is 5.86. The first kappa shape index (κ1) is 17.7. The van der Waals surface area contributed by atoms with E-state index in [9.17, 15) is 0 Å². The monoisotopic (exact) mass is 347 g/mol. The first-order valence-corrected chi connectivity index (χ1v) is 8.56. The van der Waals surface area contributed by atoms with Crippen LogP contribution in [-0.2, 0) is 11.3 Å². The minimum Gasteiger partial charge on any atom is -0.396 e.